The zero-order chi connectivity index (χ0) is 12.3. The molecule has 1 aliphatic carbocycles. The smallest absolute Gasteiger partial charge is 0.144 e. The van der Waals surface area contributed by atoms with Crippen molar-refractivity contribution >= 4 is 0 Å². The number of pyridine rings is 1. The number of hydrogen-bond donors (Lipinski definition) is 1. The Balaban J connectivity index is 2.23. The Morgan fingerprint density at radius 3 is 2.94 bits per heavy atom. The van der Waals surface area contributed by atoms with Crippen molar-refractivity contribution in [2.24, 2.45) is 17.6 Å². The van der Waals surface area contributed by atoms with Crippen LogP contribution in [0.2, 0.25) is 0 Å². The Morgan fingerprint density at radius 2 is 2.29 bits per heavy atom. The number of hydrogen-bond acceptors (Lipinski definition) is 2. The summed E-state index contributed by atoms with van der Waals surface area (Å²) < 4.78 is 13.8. The van der Waals surface area contributed by atoms with Crippen LogP contribution in [0.3, 0.4) is 0 Å². The molecule has 2 rings (SSSR count). The van der Waals surface area contributed by atoms with Crippen LogP contribution in [0.5, 0.6) is 0 Å². The summed E-state index contributed by atoms with van der Waals surface area (Å²) in [5.41, 5.74) is 6.64. The van der Waals surface area contributed by atoms with E-state index >= 15 is 0 Å². The monoisotopic (exact) mass is 236 g/mol. The van der Waals surface area contributed by atoms with Crippen molar-refractivity contribution in [3.05, 3.63) is 29.8 Å². The van der Waals surface area contributed by atoms with Gasteiger partial charge in [-0.1, -0.05) is 19.8 Å². The van der Waals surface area contributed by atoms with Gasteiger partial charge in [-0.2, -0.15) is 0 Å². The fourth-order valence-corrected chi connectivity index (χ4v) is 3.04. The molecule has 0 bridgehead atoms. The molecule has 0 saturated heterocycles. The molecule has 3 atom stereocenters. The topological polar surface area (TPSA) is 38.9 Å². The summed E-state index contributed by atoms with van der Waals surface area (Å²) in [6, 6.07) is 1.82. The number of rotatable bonds is 3. The molecule has 0 aromatic carbocycles. The van der Waals surface area contributed by atoms with Crippen LogP contribution in [0, 0.1) is 17.7 Å². The van der Waals surface area contributed by atoms with Crippen molar-refractivity contribution in [1.82, 2.24) is 4.98 Å². The zero-order valence-electron chi connectivity index (χ0n) is 10.4. The van der Waals surface area contributed by atoms with E-state index in [0.717, 1.165) is 24.3 Å². The quantitative estimate of drug-likeness (QED) is 0.876. The third-order valence-electron chi connectivity index (χ3n) is 4.19. The molecule has 0 aliphatic heterocycles. The molecule has 1 aromatic heterocycles. The third kappa shape index (κ3) is 2.65. The second-order valence-corrected chi connectivity index (χ2v) is 5.09. The fraction of sp³-hybridized carbons (Fsp3) is 0.643. The van der Waals surface area contributed by atoms with Crippen LogP contribution in [0.15, 0.2) is 18.5 Å². The first kappa shape index (κ1) is 12.5. The number of nitrogens with two attached hydrogens (primary N) is 1. The van der Waals surface area contributed by atoms with Gasteiger partial charge in [0.2, 0.25) is 0 Å². The lowest BCUT2D eigenvalue weighted by Crippen LogP contribution is -2.29. The SMILES string of the molecule is CCC1CCC(CN)C(c2ccncc2F)C1. The minimum Gasteiger partial charge on any atom is -0.330 e. The van der Waals surface area contributed by atoms with E-state index in [4.69, 9.17) is 5.73 Å². The molecule has 2 nitrogen and oxygen atoms in total. The van der Waals surface area contributed by atoms with Gasteiger partial charge in [-0.15, -0.1) is 0 Å². The van der Waals surface area contributed by atoms with Gasteiger partial charge in [-0.3, -0.25) is 4.98 Å². The average molecular weight is 236 g/mol. The van der Waals surface area contributed by atoms with E-state index < -0.39 is 0 Å². The normalized spacial score (nSPS) is 29.2. The van der Waals surface area contributed by atoms with Crippen molar-refractivity contribution in [2.45, 2.75) is 38.5 Å². The van der Waals surface area contributed by atoms with Gasteiger partial charge < -0.3 is 5.73 Å². The van der Waals surface area contributed by atoms with E-state index in [1.54, 1.807) is 6.20 Å². The molecule has 0 amide bonds. The van der Waals surface area contributed by atoms with Crippen LogP contribution in [-0.2, 0) is 0 Å². The number of halogens is 1. The summed E-state index contributed by atoms with van der Waals surface area (Å²) in [7, 11) is 0. The highest BCUT2D eigenvalue weighted by atomic mass is 19.1. The highest BCUT2D eigenvalue weighted by Gasteiger charge is 2.31. The molecular weight excluding hydrogens is 215 g/mol. The first-order chi connectivity index (χ1) is 8.26. The van der Waals surface area contributed by atoms with Gasteiger partial charge in [0.05, 0.1) is 6.20 Å². The van der Waals surface area contributed by atoms with E-state index in [1.165, 1.54) is 19.0 Å². The first-order valence-corrected chi connectivity index (χ1v) is 6.55. The summed E-state index contributed by atoms with van der Waals surface area (Å²) >= 11 is 0. The Hall–Kier alpha value is -0.960. The molecule has 94 valence electrons. The first-order valence-electron chi connectivity index (χ1n) is 6.55. The largest absolute Gasteiger partial charge is 0.330 e. The minimum atomic E-state index is -0.173. The number of aromatic nitrogens is 1. The lowest BCUT2D eigenvalue weighted by molar-refractivity contribution is 0.232. The third-order valence-corrected chi connectivity index (χ3v) is 4.19. The standard InChI is InChI=1S/C14H21FN2/c1-2-10-3-4-11(8-16)13(7-10)12-5-6-17-9-14(12)15/h5-6,9-11,13H,2-4,7-8,16H2,1H3. The van der Waals surface area contributed by atoms with Crippen molar-refractivity contribution in [3.63, 3.8) is 0 Å². The maximum Gasteiger partial charge on any atom is 0.144 e. The highest BCUT2D eigenvalue weighted by Crippen LogP contribution is 2.41. The molecule has 3 unspecified atom stereocenters. The molecule has 3 heteroatoms. The molecule has 17 heavy (non-hydrogen) atoms. The van der Waals surface area contributed by atoms with Crippen LogP contribution in [-0.4, -0.2) is 11.5 Å². The van der Waals surface area contributed by atoms with E-state index in [9.17, 15) is 4.39 Å². The van der Waals surface area contributed by atoms with Gasteiger partial charge in [-0.05, 0) is 48.8 Å². The zero-order valence-corrected chi connectivity index (χ0v) is 10.4. The van der Waals surface area contributed by atoms with Crippen molar-refractivity contribution < 1.29 is 4.39 Å². The Kier molecular flexibility index (Phi) is 4.11. The maximum absolute atomic E-state index is 13.8. The van der Waals surface area contributed by atoms with Crippen LogP contribution >= 0.6 is 0 Å². The van der Waals surface area contributed by atoms with Crippen LogP contribution < -0.4 is 5.73 Å². The van der Waals surface area contributed by atoms with Gasteiger partial charge >= 0.3 is 0 Å². The van der Waals surface area contributed by atoms with E-state index in [0.29, 0.717) is 12.5 Å². The molecule has 1 saturated carbocycles. The molecule has 1 aliphatic rings. The Bertz CT molecular complexity index is 367. The van der Waals surface area contributed by atoms with Crippen LogP contribution in [0.4, 0.5) is 4.39 Å². The second-order valence-electron chi connectivity index (χ2n) is 5.09. The lowest BCUT2D eigenvalue weighted by Gasteiger charge is -2.35. The maximum atomic E-state index is 13.8. The fourth-order valence-electron chi connectivity index (χ4n) is 3.04. The molecule has 1 aromatic rings. The molecule has 0 spiro atoms. The number of nitrogens with zero attached hydrogens (tertiary/aromatic N) is 1. The lowest BCUT2D eigenvalue weighted by atomic mass is 9.70. The van der Waals surface area contributed by atoms with E-state index in [1.807, 2.05) is 6.07 Å². The van der Waals surface area contributed by atoms with Crippen LogP contribution in [0.1, 0.15) is 44.1 Å². The average Bonchev–Trinajstić information content (AvgIpc) is 2.38. The predicted octanol–water partition coefficient (Wildman–Crippen LogP) is 3.09. The molecule has 1 heterocycles. The Labute approximate surface area is 102 Å². The molecular formula is C14H21FN2. The van der Waals surface area contributed by atoms with Crippen molar-refractivity contribution in [1.29, 1.82) is 0 Å². The summed E-state index contributed by atoms with van der Waals surface area (Å²) in [6.07, 6.45) is 7.61. The van der Waals surface area contributed by atoms with Crippen LogP contribution in [0.25, 0.3) is 0 Å². The summed E-state index contributed by atoms with van der Waals surface area (Å²) in [6.45, 7) is 2.87. The Morgan fingerprint density at radius 1 is 1.47 bits per heavy atom. The van der Waals surface area contributed by atoms with Crippen molar-refractivity contribution in [3.8, 4) is 0 Å². The second kappa shape index (κ2) is 5.58. The minimum absolute atomic E-state index is 0.173. The van der Waals surface area contributed by atoms with Crippen molar-refractivity contribution in [2.75, 3.05) is 6.54 Å². The predicted molar refractivity (Wildman–Crippen MR) is 67.1 cm³/mol. The van der Waals surface area contributed by atoms with Gasteiger partial charge in [-0.25, -0.2) is 4.39 Å². The summed E-state index contributed by atoms with van der Waals surface area (Å²) in [5, 5.41) is 0. The van der Waals surface area contributed by atoms with Gasteiger partial charge in [0.15, 0.2) is 0 Å². The van der Waals surface area contributed by atoms with Gasteiger partial charge in [0.1, 0.15) is 5.82 Å². The van der Waals surface area contributed by atoms with Gasteiger partial charge in [0, 0.05) is 6.20 Å². The summed E-state index contributed by atoms with van der Waals surface area (Å²) in [5.74, 6) is 1.25. The van der Waals surface area contributed by atoms with E-state index in [-0.39, 0.29) is 11.7 Å². The van der Waals surface area contributed by atoms with Gasteiger partial charge in [0.25, 0.3) is 0 Å². The molecule has 0 radical (unpaired) electrons. The molecule has 1 fully saturated rings. The summed E-state index contributed by atoms with van der Waals surface area (Å²) in [4.78, 5) is 3.82. The molecule has 2 N–H and O–H groups in total. The van der Waals surface area contributed by atoms with E-state index in [2.05, 4.69) is 11.9 Å². The highest BCUT2D eigenvalue weighted by molar-refractivity contribution is 5.20.